The summed E-state index contributed by atoms with van der Waals surface area (Å²) in [6, 6.07) is -5.71. The summed E-state index contributed by atoms with van der Waals surface area (Å²) >= 11 is 0. The Kier molecular flexibility index (Phi) is 37.6. The number of aliphatic hydroxyl groups excluding tert-OH is 1. The summed E-state index contributed by atoms with van der Waals surface area (Å²) in [6.45, 7) is 28.3. The Bertz CT molecular complexity index is 3790. The van der Waals surface area contributed by atoms with Crippen molar-refractivity contribution in [1.29, 1.82) is 0 Å². The summed E-state index contributed by atoms with van der Waals surface area (Å²) in [5, 5.41) is 48.8. The van der Waals surface area contributed by atoms with Gasteiger partial charge in [-0.25, -0.2) is 0 Å². The molecule has 1 aromatic heterocycles. The van der Waals surface area contributed by atoms with Crippen LogP contribution in [0.1, 0.15) is 202 Å². The molecule has 0 fully saturated rings. The van der Waals surface area contributed by atoms with Crippen LogP contribution < -0.4 is 97.0 Å². The number of aromatic amines is 1. The lowest BCUT2D eigenvalue weighted by Gasteiger charge is -2.34. The molecule has 0 saturated heterocycles. The van der Waals surface area contributed by atoms with Gasteiger partial charge in [-0.3, -0.25) is 86.3 Å². The lowest BCUT2D eigenvalue weighted by molar-refractivity contribution is -0.140. The fourth-order valence-electron chi connectivity index (χ4n) is 11.2. The van der Waals surface area contributed by atoms with Crippen molar-refractivity contribution in [3.05, 3.63) is 36.0 Å². The molecule has 0 bridgehead atoms. The van der Waals surface area contributed by atoms with Crippen molar-refractivity contribution in [2.45, 2.75) is 291 Å². The number of para-hydroxylation sites is 1. The Hall–Kier alpha value is -10.8. The van der Waals surface area contributed by atoms with Crippen molar-refractivity contribution in [2.24, 2.45) is 35.0 Å². The molecule has 18 amide bonds. The summed E-state index contributed by atoms with van der Waals surface area (Å²) in [5.74, 6) is -16.0. The highest BCUT2D eigenvalue weighted by Crippen LogP contribution is 2.21. The number of primary amides is 3. The zero-order valence-corrected chi connectivity index (χ0v) is 68.7. The number of carbonyl (C=O) groups excluding carboxylic acids is 18. The van der Waals surface area contributed by atoms with Gasteiger partial charge in [0.2, 0.25) is 106 Å². The first-order chi connectivity index (χ1) is 51.9. The lowest BCUT2D eigenvalue weighted by atomic mass is 9.96. The van der Waals surface area contributed by atoms with Crippen LogP contribution in [0.15, 0.2) is 30.5 Å². The van der Waals surface area contributed by atoms with Gasteiger partial charge in [-0.2, -0.15) is 0 Å². The van der Waals surface area contributed by atoms with Gasteiger partial charge in [0.25, 0.3) is 0 Å². The fourth-order valence-corrected chi connectivity index (χ4v) is 11.2. The van der Waals surface area contributed by atoms with Crippen LogP contribution in [0.2, 0.25) is 0 Å². The Morgan fingerprint density at radius 1 is 0.363 bits per heavy atom. The maximum Gasteiger partial charge on any atom is 0.246 e. The van der Waals surface area contributed by atoms with E-state index in [9.17, 15) is 91.4 Å². The van der Waals surface area contributed by atoms with E-state index in [0.717, 1.165) is 16.5 Å². The molecule has 1 aromatic carbocycles. The van der Waals surface area contributed by atoms with Gasteiger partial charge in [-0.15, -0.1) is 0 Å². The van der Waals surface area contributed by atoms with Crippen molar-refractivity contribution in [1.82, 2.24) is 84.7 Å². The van der Waals surface area contributed by atoms with E-state index in [1.807, 2.05) is 38.1 Å². The number of hydrogen-bond donors (Lipinski definition) is 20. The highest BCUT2D eigenvalue weighted by molar-refractivity contribution is 6.03. The molecule has 2 rings (SSSR count). The molecule has 632 valence electrons. The minimum absolute atomic E-state index is 0.00709. The predicted octanol–water partition coefficient (Wildman–Crippen LogP) is -2.96. The molecule has 0 aliphatic heterocycles. The highest BCUT2D eigenvalue weighted by Gasteiger charge is 2.44. The van der Waals surface area contributed by atoms with Crippen LogP contribution in [-0.2, 0) is 92.7 Å². The van der Waals surface area contributed by atoms with Gasteiger partial charge in [-0.1, -0.05) is 59.7 Å². The van der Waals surface area contributed by atoms with E-state index in [0.29, 0.717) is 6.42 Å². The lowest BCUT2D eigenvalue weighted by Crippen LogP contribution is -2.66. The van der Waals surface area contributed by atoms with E-state index in [-0.39, 0.29) is 49.9 Å². The number of aliphatic hydroxyl groups is 1. The monoisotopic (exact) mass is 1590 g/mol. The minimum Gasteiger partial charge on any atom is -0.394 e. The van der Waals surface area contributed by atoms with Crippen molar-refractivity contribution < 1.29 is 91.4 Å². The van der Waals surface area contributed by atoms with Gasteiger partial charge < -0.3 is 107 Å². The third-order valence-corrected chi connectivity index (χ3v) is 18.0. The maximum atomic E-state index is 14.2. The SMILES string of the molecule is CC(=O)NC(Cc1c[nH]c2ccccc12)C(=O)NC(C)C(=O)NC(C)(C)C(=O)NC(C)(C)C(=O)NC(CC(C)C)C(=O)NC(C)(C)C(=O)NC(CCC(N)=O)C(=O)NC(C)C(=O)NC(C)(C)C(=O)NC(C)(C)C(=O)NC(CCC(N)=O)C(=O)NC(CC(C)C)C(=O)NC(C)C(=O)NC(CCC(N)=O)C(=O)NC(CO)CC(C)C. The van der Waals surface area contributed by atoms with Crippen LogP contribution in [0, 0.1) is 17.8 Å². The first-order valence-corrected chi connectivity index (χ1v) is 37.6. The van der Waals surface area contributed by atoms with Gasteiger partial charge in [-0.05, 0) is 158 Å². The van der Waals surface area contributed by atoms with Crippen LogP contribution in [0.25, 0.3) is 10.9 Å². The molecule has 1 heterocycles. The predicted molar refractivity (Wildman–Crippen MR) is 416 cm³/mol. The summed E-state index contributed by atoms with van der Waals surface area (Å²) in [4.78, 5) is 245. The molecule has 10 unspecified atom stereocenters. The zero-order valence-electron chi connectivity index (χ0n) is 68.7. The van der Waals surface area contributed by atoms with Crippen LogP contribution in [0.3, 0.4) is 0 Å². The molecule has 0 spiro atoms. The molecule has 0 aliphatic carbocycles. The summed E-state index contributed by atoms with van der Waals surface area (Å²) < 4.78 is 0. The quantitative estimate of drug-likeness (QED) is 0.0315. The number of rotatable bonds is 47. The number of benzene rings is 1. The number of H-pyrrole nitrogens is 1. The van der Waals surface area contributed by atoms with Gasteiger partial charge in [0.15, 0.2) is 0 Å². The average Bonchev–Trinajstić information content (AvgIpc) is 1.77. The van der Waals surface area contributed by atoms with Crippen LogP contribution in [0.4, 0.5) is 0 Å². The van der Waals surface area contributed by atoms with E-state index < -0.39 is 227 Å². The smallest absolute Gasteiger partial charge is 0.246 e. The second kappa shape index (κ2) is 43.3. The summed E-state index contributed by atoms with van der Waals surface area (Å²) in [7, 11) is 0. The Balaban J connectivity index is 2.21. The highest BCUT2D eigenvalue weighted by atomic mass is 16.3. The van der Waals surface area contributed by atoms with Gasteiger partial charge in [0, 0.05) is 49.7 Å². The molecule has 10 atom stereocenters. The first-order valence-electron chi connectivity index (χ1n) is 37.6. The first kappa shape index (κ1) is 98.3. The van der Waals surface area contributed by atoms with Crippen molar-refractivity contribution in [2.75, 3.05) is 6.61 Å². The van der Waals surface area contributed by atoms with Gasteiger partial charge in [0.05, 0.1) is 12.6 Å². The maximum absolute atomic E-state index is 14.2. The largest absolute Gasteiger partial charge is 0.394 e. The van der Waals surface area contributed by atoms with Crippen LogP contribution in [-0.4, -0.2) is 211 Å². The number of fused-ring (bicyclic) bond motifs is 1. The summed E-state index contributed by atoms with van der Waals surface area (Å²) in [6.07, 6.45) is -0.127. The normalized spacial score (nSPS) is 14.5. The molecule has 2 aromatic rings. The Morgan fingerprint density at radius 2 is 0.681 bits per heavy atom. The molecule has 0 saturated carbocycles. The molecule has 113 heavy (non-hydrogen) atoms. The second-order valence-corrected chi connectivity index (χ2v) is 32.5. The standard InChI is InChI=1S/C75H123N19O19/c1-37(2)31-45(36-95)84-61(104)48(25-28-54(76)97)85-57(100)40(7)80-63(106)51(32-38(3)4)86-62(105)50(27-30-56(78)99)88-67(110)72(13,14)93-69(112)74(17,18)90-58(101)41(8)81-60(103)49(26-29-55(77)98)87-66(109)71(11,12)92-65(108)52(33-39(5)6)89-68(111)73(15,16)94-70(113)75(19,20)91-59(102)42(9)82-64(107)53(83-43(10)96)34-44-35-79-47-24-22-21-23-46(44)47/h21-24,35,37-42,45,48-53,79,95H,25-34,36H2,1-20H3,(H2,76,97)(H2,77,98)(H2,78,99)(H,80,106)(H,81,103)(H,82,107)(H,83,96)(H,84,104)(H,85,100)(H,86,105)(H,87,109)(H,88,110)(H,89,111)(H,90,101)(H,91,102)(H,92,108)(H,93,112)(H,94,113). The number of aromatic nitrogens is 1. The molecule has 23 N–H and O–H groups in total. The molecule has 38 heteroatoms. The van der Waals surface area contributed by atoms with Crippen molar-refractivity contribution in [3.8, 4) is 0 Å². The Labute approximate surface area is 659 Å². The third-order valence-electron chi connectivity index (χ3n) is 18.0. The number of nitrogens with one attached hydrogen (secondary N) is 16. The van der Waals surface area contributed by atoms with E-state index in [1.54, 1.807) is 33.9 Å². The molecule has 0 aliphatic rings. The van der Waals surface area contributed by atoms with E-state index in [2.05, 4.69) is 84.7 Å². The molecule has 0 radical (unpaired) electrons. The number of nitrogens with two attached hydrogens (primary N) is 3. The second-order valence-electron chi connectivity index (χ2n) is 32.5. The zero-order chi connectivity index (χ0) is 86.8. The van der Waals surface area contributed by atoms with Gasteiger partial charge in [0.1, 0.15) is 82.1 Å². The number of amides is 18. The number of carbonyl (C=O) groups is 18. The number of hydrogen-bond acceptors (Lipinski definition) is 19. The fraction of sp³-hybridized carbons (Fsp3) is 0.653. The van der Waals surface area contributed by atoms with Crippen LogP contribution >= 0.6 is 0 Å². The van der Waals surface area contributed by atoms with E-state index in [4.69, 9.17) is 17.2 Å². The third kappa shape index (κ3) is 33.2. The van der Waals surface area contributed by atoms with Crippen molar-refractivity contribution in [3.63, 3.8) is 0 Å². The van der Waals surface area contributed by atoms with Crippen molar-refractivity contribution >= 4 is 117 Å². The minimum atomic E-state index is -1.92. The van der Waals surface area contributed by atoms with Crippen LogP contribution in [0.5, 0.6) is 0 Å². The molecular weight excluding hydrogens is 1470 g/mol. The average molecular weight is 1590 g/mol. The van der Waals surface area contributed by atoms with Gasteiger partial charge >= 0.3 is 0 Å². The molecule has 38 nitrogen and oxygen atoms in total. The Morgan fingerprint density at radius 3 is 1.08 bits per heavy atom. The topological polar surface area (TPSA) is 602 Å². The van der Waals surface area contributed by atoms with E-state index >= 15 is 0 Å². The van der Waals surface area contributed by atoms with E-state index in [1.165, 1.54) is 96.9 Å². The molecular formula is C75H123N19O19. The summed E-state index contributed by atoms with van der Waals surface area (Å²) in [5.41, 5.74) is 8.55.